The summed E-state index contributed by atoms with van der Waals surface area (Å²) in [5.74, 6) is 0.710. The van der Waals surface area contributed by atoms with Crippen molar-refractivity contribution in [3.05, 3.63) is 218 Å². The van der Waals surface area contributed by atoms with E-state index in [1.54, 1.807) is 0 Å². The van der Waals surface area contributed by atoms with Crippen molar-refractivity contribution in [1.29, 1.82) is 0 Å². The number of aromatic nitrogens is 4. The van der Waals surface area contributed by atoms with Gasteiger partial charge in [0.2, 0.25) is 0 Å². The molecule has 60 heavy (non-hydrogen) atoms. The van der Waals surface area contributed by atoms with Crippen molar-refractivity contribution in [1.82, 2.24) is 19.1 Å². The van der Waals surface area contributed by atoms with Gasteiger partial charge in [0.25, 0.3) is 0 Å². The molecule has 0 bridgehead atoms. The Hall–Kier alpha value is -8.08. The second kappa shape index (κ2) is 13.8. The topological polar surface area (TPSA) is 35.6 Å². The van der Waals surface area contributed by atoms with Crippen molar-refractivity contribution >= 4 is 54.5 Å². The Balaban J connectivity index is 0.835. The van der Waals surface area contributed by atoms with Gasteiger partial charge in [0, 0.05) is 49.4 Å². The van der Waals surface area contributed by atoms with Crippen LogP contribution in [0.25, 0.3) is 111 Å². The first-order chi connectivity index (χ1) is 29.7. The molecule has 0 aliphatic rings. The molecule has 0 saturated heterocycles. The molecule has 0 amide bonds. The van der Waals surface area contributed by atoms with Crippen LogP contribution in [0.3, 0.4) is 0 Å². The van der Waals surface area contributed by atoms with E-state index in [9.17, 15) is 0 Å². The van der Waals surface area contributed by atoms with Crippen LogP contribution in [-0.2, 0) is 0 Å². The maximum atomic E-state index is 5.21. The van der Waals surface area contributed by atoms with E-state index in [0.29, 0.717) is 5.82 Å². The molecule has 0 atom stereocenters. The van der Waals surface area contributed by atoms with E-state index in [1.807, 2.05) is 6.07 Å². The highest BCUT2D eigenvalue weighted by Gasteiger charge is 2.15. The van der Waals surface area contributed by atoms with Crippen LogP contribution >= 0.6 is 0 Å². The highest BCUT2D eigenvalue weighted by Crippen LogP contribution is 2.36. The fourth-order valence-electron chi connectivity index (χ4n) is 9.07. The zero-order valence-corrected chi connectivity index (χ0v) is 32.6. The Morgan fingerprint density at radius 1 is 0.250 bits per heavy atom. The Morgan fingerprint density at radius 3 is 0.983 bits per heavy atom. The van der Waals surface area contributed by atoms with Gasteiger partial charge in [-0.3, -0.25) is 0 Å². The number of hydrogen-bond acceptors (Lipinski definition) is 2. The maximum Gasteiger partial charge on any atom is 0.160 e. The zero-order valence-electron chi connectivity index (χ0n) is 32.6. The molecule has 4 nitrogen and oxygen atoms in total. The van der Waals surface area contributed by atoms with Gasteiger partial charge in [-0.05, 0) is 76.9 Å². The summed E-state index contributed by atoms with van der Waals surface area (Å²) in [5, 5.41) is 6.10. The zero-order chi connectivity index (χ0) is 39.6. The number of rotatable bonds is 6. The largest absolute Gasteiger partial charge is 0.309 e. The van der Waals surface area contributed by atoms with Crippen LogP contribution in [0.5, 0.6) is 0 Å². The van der Waals surface area contributed by atoms with Crippen molar-refractivity contribution < 1.29 is 0 Å². The summed E-state index contributed by atoms with van der Waals surface area (Å²) in [7, 11) is 0. The van der Waals surface area contributed by atoms with E-state index < -0.39 is 0 Å². The summed E-state index contributed by atoms with van der Waals surface area (Å²) in [6, 6.07) is 77.9. The highest BCUT2D eigenvalue weighted by molar-refractivity contribution is 6.10. The minimum Gasteiger partial charge on any atom is -0.309 e. The molecular formula is C56H36N4. The molecule has 0 fully saturated rings. The number of benzene rings is 9. The minimum atomic E-state index is 0.710. The lowest BCUT2D eigenvalue weighted by Crippen LogP contribution is -1.95. The van der Waals surface area contributed by atoms with Gasteiger partial charge in [0.1, 0.15) is 0 Å². The van der Waals surface area contributed by atoms with Gasteiger partial charge in [-0.25, -0.2) is 9.97 Å². The van der Waals surface area contributed by atoms with Crippen molar-refractivity contribution in [2.45, 2.75) is 0 Å². The number of hydrogen-bond donors (Lipinski definition) is 0. The normalized spacial score (nSPS) is 11.7. The van der Waals surface area contributed by atoms with Crippen molar-refractivity contribution in [3.63, 3.8) is 0 Å². The third-order valence-electron chi connectivity index (χ3n) is 12.0. The first-order valence-electron chi connectivity index (χ1n) is 20.4. The third-order valence-corrected chi connectivity index (χ3v) is 12.0. The lowest BCUT2D eigenvalue weighted by atomic mass is 10.00. The maximum absolute atomic E-state index is 5.21. The fraction of sp³-hybridized carbons (Fsp3) is 0. The van der Waals surface area contributed by atoms with Gasteiger partial charge < -0.3 is 9.13 Å². The van der Waals surface area contributed by atoms with Crippen LogP contribution in [-0.4, -0.2) is 19.1 Å². The van der Waals surface area contributed by atoms with E-state index >= 15 is 0 Å². The molecule has 4 heteroatoms. The van der Waals surface area contributed by atoms with Gasteiger partial charge >= 0.3 is 0 Å². The second-order valence-electron chi connectivity index (χ2n) is 15.4. The van der Waals surface area contributed by atoms with Crippen LogP contribution in [0.1, 0.15) is 0 Å². The van der Waals surface area contributed by atoms with Crippen LogP contribution in [0, 0.1) is 0 Å². The average molecular weight is 765 g/mol. The molecule has 0 radical (unpaired) electrons. The highest BCUT2D eigenvalue weighted by atomic mass is 15.0. The van der Waals surface area contributed by atoms with Crippen molar-refractivity contribution in [2.24, 2.45) is 0 Å². The molecule has 3 heterocycles. The quantitative estimate of drug-likeness (QED) is 0.169. The molecule has 3 aromatic heterocycles. The van der Waals surface area contributed by atoms with Crippen LogP contribution in [0.2, 0.25) is 0 Å². The molecule has 12 aromatic rings. The molecule has 0 saturated carbocycles. The monoisotopic (exact) mass is 764 g/mol. The average Bonchev–Trinajstić information content (AvgIpc) is 3.85. The summed E-state index contributed by atoms with van der Waals surface area (Å²) in [4.78, 5) is 10.2. The van der Waals surface area contributed by atoms with Gasteiger partial charge in [-0.15, -0.1) is 0 Å². The molecule has 0 aliphatic heterocycles. The smallest absolute Gasteiger partial charge is 0.160 e. The second-order valence-corrected chi connectivity index (χ2v) is 15.4. The Kier molecular flexibility index (Phi) is 7.82. The standard InChI is InChI=1S/C56H36N4/c1-6-16-50-49(15-1)55(41-25-21-37(22-26-41)39-29-33-43(34-30-39)59-51-17-7-2-11-45(51)46-12-3-8-18-52(46)59)58-56(57-50)42-27-23-38(24-28-42)40-31-35-44(36-32-40)60-53-19-9-4-13-47(53)48-14-5-10-20-54(48)60/h1-36H. The first-order valence-corrected chi connectivity index (χ1v) is 20.4. The van der Waals surface area contributed by atoms with E-state index in [0.717, 1.165) is 55.8 Å². The molecule has 9 aromatic carbocycles. The lowest BCUT2D eigenvalue weighted by Gasteiger charge is -2.12. The Morgan fingerprint density at radius 2 is 0.567 bits per heavy atom. The van der Waals surface area contributed by atoms with E-state index in [4.69, 9.17) is 9.97 Å². The molecule has 0 spiro atoms. The number of para-hydroxylation sites is 5. The van der Waals surface area contributed by atoms with Gasteiger partial charge in [-0.2, -0.15) is 0 Å². The fourth-order valence-corrected chi connectivity index (χ4v) is 9.07. The van der Waals surface area contributed by atoms with Gasteiger partial charge in [0.15, 0.2) is 5.82 Å². The SMILES string of the molecule is c1ccc2c(-c3ccc(-c4ccc(-n5c6ccccc6c6ccccc65)cc4)cc3)nc(-c3ccc(-c4ccc(-n5c6ccccc6c6ccccc65)cc4)cc3)nc2c1. The third kappa shape index (κ3) is 5.53. The van der Waals surface area contributed by atoms with Gasteiger partial charge in [0.05, 0.1) is 33.3 Å². The minimum absolute atomic E-state index is 0.710. The van der Waals surface area contributed by atoms with Gasteiger partial charge in [-0.1, -0.05) is 164 Å². The molecular weight excluding hydrogens is 729 g/mol. The molecule has 12 rings (SSSR count). The van der Waals surface area contributed by atoms with Crippen molar-refractivity contribution in [2.75, 3.05) is 0 Å². The predicted octanol–water partition coefficient (Wildman–Crippen LogP) is 14.5. The molecule has 280 valence electrons. The van der Waals surface area contributed by atoms with Crippen molar-refractivity contribution in [3.8, 4) is 56.3 Å². The lowest BCUT2D eigenvalue weighted by molar-refractivity contribution is 1.18. The summed E-state index contributed by atoms with van der Waals surface area (Å²) in [6.07, 6.45) is 0. The van der Waals surface area contributed by atoms with E-state index in [-0.39, 0.29) is 0 Å². The molecule has 0 aliphatic carbocycles. The van der Waals surface area contributed by atoms with Crippen LogP contribution in [0.15, 0.2) is 218 Å². The van der Waals surface area contributed by atoms with E-state index in [2.05, 4.69) is 221 Å². The van der Waals surface area contributed by atoms with E-state index in [1.165, 1.54) is 49.2 Å². The predicted molar refractivity (Wildman–Crippen MR) is 250 cm³/mol. The summed E-state index contributed by atoms with van der Waals surface area (Å²) >= 11 is 0. The first kappa shape index (κ1) is 34.0. The number of nitrogens with zero attached hydrogens (tertiary/aromatic N) is 4. The summed E-state index contributed by atoms with van der Waals surface area (Å²) < 4.78 is 4.71. The summed E-state index contributed by atoms with van der Waals surface area (Å²) in [5.41, 5.74) is 15.7. The van der Waals surface area contributed by atoms with Crippen LogP contribution < -0.4 is 0 Å². The van der Waals surface area contributed by atoms with Crippen LogP contribution in [0.4, 0.5) is 0 Å². The molecule has 0 N–H and O–H groups in total. The summed E-state index contributed by atoms with van der Waals surface area (Å²) in [6.45, 7) is 0. The Bertz CT molecular complexity index is 3450. The Labute approximate surface area is 346 Å². The number of fused-ring (bicyclic) bond motifs is 7. The molecule has 0 unspecified atom stereocenters.